The molecule has 0 spiro atoms. The van der Waals surface area contributed by atoms with Crippen LogP contribution in [0.25, 0.3) is 0 Å². The SMILES string of the molecule is C[C@H]([NH2+]CC(=O)NCCc1ccc(Cl)cc1)c1ccc(Cl)cc1. The third-order valence-corrected chi connectivity index (χ3v) is 4.21. The molecule has 0 aliphatic rings. The van der Waals surface area contributed by atoms with E-state index in [1.165, 1.54) is 0 Å². The van der Waals surface area contributed by atoms with Gasteiger partial charge in [-0.1, -0.05) is 47.5 Å². The van der Waals surface area contributed by atoms with Crippen LogP contribution >= 0.6 is 23.2 Å². The largest absolute Gasteiger partial charge is 0.351 e. The number of amides is 1. The van der Waals surface area contributed by atoms with Crippen molar-refractivity contribution in [1.82, 2.24) is 5.32 Å². The topological polar surface area (TPSA) is 45.7 Å². The number of hydrogen-bond acceptors (Lipinski definition) is 1. The van der Waals surface area contributed by atoms with Crippen molar-refractivity contribution in [2.24, 2.45) is 0 Å². The number of nitrogens with one attached hydrogen (secondary N) is 1. The van der Waals surface area contributed by atoms with Gasteiger partial charge in [0.1, 0.15) is 6.04 Å². The third-order valence-electron chi connectivity index (χ3n) is 3.70. The van der Waals surface area contributed by atoms with Crippen molar-refractivity contribution in [2.45, 2.75) is 19.4 Å². The van der Waals surface area contributed by atoms with Gasteiger partial charge < -0.3 is 10.6 Å². The van der Waals surface area contributed by atoms with Gasteiger partial charge in [0.25, 0.3) is 5.91 Å². The Hall–Kier alpha value is -1.55. The van der Waals surface area contributed by atoms with Crippen molar-refractivity contribution in [2.75, 3.05) is 13.1 Å². The first-order valence-electron chi connectivity index (χ1n) is 7.64. The zero-order valence-electron chi connectivity index (χ0n) is 13.1. The molecule has 0 unspecified atom stereocenters. The zero-order chi connectivity index (χ0) is 16.7. The fourth-order valence-corrected chi connectivity index (χ4v) is 2.51. The molecule has 122 valence electrons. The Labute approximate surface area is 147 Å². The molecule has 2 aromatic carbocycles. The molecule has 0 aromatic heterocycles. The molecule has 23 heavy (non-hydrogen) atoms. The quantitative estimate of drug-likeness (QED) is 0.791. The Kier molecular flexibility index (Phi) is 6.90. The van der Waals surface area contributed by atoms with Gasteiger partial charge in [-0.3, -0.25) is 4.79 Å². The van der Waals surface area contributed by atoms with Crippen LogP contribution in [0, 0.1) is 0 Å². The van der Waals surface area contributed by atoms with E-state index in [-0.39, 0.29) is 11.9 Å². The number of rotatable bonds is 7. The lowest BCUT2D eigenvalue weighted by molar-refractivity contribution is -0.682. The molecule has 0 radical (unpaired) electrons. The average molecular weight is 352 g/mol. The smallest absolute Gasteiger partial charge is 0.275 e. The molecule has 0 aliphatic carbocycles. The van der Waals surface area contributed by atoms with E-state index < -0.39 is 0 Å². The molecule has 0 saturated carbocycles. The summed E-state index contributed by atoms with van der Waals surface area (Å²) in [5.74, 6) is 0.0415. The summed E-state index contributed by atoms with van der Waals surface area (Å²) in [6, 6.07) is 15.6. The number of carbonyl (C=O) groups is 1. The van der Waals surface area contributed by atoms with Crippen LogP contribution in [0.3, 0.4) is 0 Å². The highest BCUT2D eigenvalue weighted by atomic mass is 35.5. The van der Waals surface area contributed by atoms with E-state index in [1.54, 1.807) is 0 Å². The lowest BCUT2D eigenvalue weighted by atomic mass is 10.1. The molecule has 2 aromatic rings. The molecule has 0 heterocycles. The predicted molar refractivity (Wildman–Crippen MR) is 94.8 cm³/mol. The summed E-state index contributed by atoms with van der Waals surface area (Å²) in [5, 5.41) is 6.40. The van der Waals surface area contributed by atoms with Crippen LogP contribution in [-0.2, 0) is 11.2 Å². The molecule has 3 nitrogen and oxygen atoms in total. The van der Waals surface area contributed by atoms with Crippen LogP contribution in [0.5, 0.6) is 0 Å². The van der Waals surface area contributed by atoms with Crippen LogP contribution in [0.2, 0.25) is 10.0 Å². The minimum absolute atomic E-state index is 0.0415. The summed E-state index contributed by atoms with van der Waals surface area (Å²) in [6.07, 6.45) is 0.801. The van der Waals surface area contributed by atoms with Gasteiger partial charge >= 0.3 is 0 Å². The number of quaternary nitrogens is 1. The van der Waals surface area contributed by atoms with Gasteiger partial charge in [0, 0.05) is 22.2 Å². The summed E-state index contributed by atoms with van der Waals surface area (Å²) in [4.78, 5) is 11.9. The maximum Gasteiger partial charge on any atom is 0.275 e. The van der Waals surface area contributed by atoms with E-state index in [1.807, 2.05) is 53.8 Å². The maximum atomic E-state index is 11.9. The van der Waals surface area contributed by atoms with Crippen LogP contribution < -0.4 is 10.6 Å². The van der Waals surface area contributed by atoms with Gasteiger partial charge in [0.2, 0.25) is 0 Å². The summed E-state index contributed by atoms with van der Waals surface area (Å²) < 4.78 is 0. The van der Waals surface area contributed by atoms with Crippen molar-refractivity contribution in [3.05, 3.63) is 69.7 Å². The van der Waals surface area contributed by atoms with Gasteiger partial charge in [-0.25, -0.2) is 0 Å². The Bertz CT molecular complexity index is 626. The van der Waals surface area contributed by atoms with Gasteiger partial charge in [-0.15, -0.1) is 0 Å². The highest BCUT2D eigenvalue weighted by Gasteiger charge is 2.11. The molecule has 1 amide bonds. The first kappa shape index (κ1) is 17.8. The minimum atomic E-state index is 0.0415. The number of benzene rings is 2. The Morgan fingerprint density at radius 1 is 1.04 bits per heavy atom. The van der Waals surface area contributed by atoms with Gasteiger partial charge in [-0.05, 0) is 43.2 Å². The van der Waals surface area contributed by atoms with Crippen molar-refractivity contribution in [3.8, 4) is 0 Å². The summed E-state index contributed by atoms with van der Waals surface area (Å²) in [5.41, 5.74) is 2.32. The zero-order valence-corrected chi connectivity index (χ0v) is 14.6. The molecule has 0 bridgehead atoms. The molecule has 2 rings (SSSR count). The maximum absolute atomic E-state index is 11.9. The van der Waals surface area contributed by atoms with Crippen LogP contribution in [0.15, 0.2) is 48.5 Å². The molecule has 5 heteroatoms. The van der Waals surface area contributed by atoms with E-state index in [2.05, 4.69) is 12.2 Å². The summed E-state index contributed by atoms with van der Waals surface area (Å²) >= 11 is 11.7. The van der Waals surface area contributed by atoms with Crippen molar-refractivity contribution in [3.63, 3.8) is 0 Å². The summed E-state index contributed by atoms with van der Waals surface area (Å²) in [6.45, 7) is 3.11. The van der Waals surface area contributed by atoms with Crippen molar-refractivity contribution < 1.29 is 10.1 Å². The fourth-order valence-electron chi connectivity index (χ4n) is 2.26. The monoisotopic (exact) mass is 351 g/mol. The predicted octanol–water partition coefficient (Wildman–Crippen LogP) is 2.98. The van der Waals surface area contributed by atoms with Crippen LogP contribution in [-0.4, -0.2) is 19.0 Å². The molecule has 0 aliphatic heterocycles. The highest BCUT2D eigenvalue weighted by molar-refractivity contribution is 6.30. The second-order valence-electron chi connectivity index (χ2n) is 5.51. The normalized spacial score (nSPS) is 12.0. The lowest BCUT2D eigenvalue weighted by Crippen LogP contribution is -2.87. The molecule has 1 atom stereocenters. The van der Waals surface area contributed by atoms with Gasteiger partial charge in [0.15, 0.2) is 6.54 Å². The highest BCUT2D eigenvalue weighted by Crippen LogP contribution is 2.13. The first-order chi connectivity index (χ1) is 11.0. The standard InChI is InChI=1S/C18H20Cl2N2O/c1-13(15-4-8-17(20)9-5-15)22-12-18(23)21-11-10-14-2-6-16(19)7-3-14/h2-9,13,22H,10-12H2,1H3,(H,21,23)/p+1/t13-/m0/s1. The first-order valence-corrected chi connectivity index (χ1v) is 8.40. The van der Waals surface area contributed by atoms with E-state index in [4.69, 9.17) is 23.2 Å². The van der Waals surface area contributed by atoms with E-state index in [0.717, 1.165) is 27.6 Å². The van der Waals surface area contributed by atoms with Gasteiger partial charge in [-0.2, -0.15) is 0 Å². The Morgan fingerprint density at radius 3 is 2.22 bits per heavy atom. The Morgan fingerprint density at radius 2 is 1.61 bits per heavy atom. The van der Waals surface area contributed by atoms with Crippen LogP contribution in [0.4, 0.5) is 0 Å². The second kappa shape index (κ2) is 8.92. The minimum Gasteiger partial charge on any atom is -0.351 e. The van der Waals surface area contributed by atoms with Crippen molar-refractivity contribution >= 4 is 29.1 Å². The molecule has 3 N–H and O–H groups in total. The number of carbonyl (C=O) groups excluding carboxylic acids is 1. The molecular formula is C18H21Cl2N2O+. The van der Waals surface area contributed by atoms with Gasteiger partial charge in [0.05, 0.1) is 0 Å². The number of nitrogens with two attached hydrogens (primary N) is 1. The summed E-state index contributed by atoms with van der Waals surface area (Å²) in [7, 11) is 0. The van der Waals surface area contributed by atoms with Crippen LogP contribution in [0.1, 0.15) is 24.1 Å². The number of halogens is 2. The van der Waals surface area contributed by atoms with E-state index in [9.17, 15) is 4.79 Å². The molecule has 0 fully saturated rings. The molecular weight excluding hydrogens is 331 g/mol. The molecule has 0 saturated heterocycles. The average Bonchev–Trinajstić information content (AvgIpc) is 2.55. The van der Waals surface area contributed by atoms with E-state index in [0.29, 0.717) is 13.1 Å². The lowest BCUT2D eigenvalue weighted by Gasteiger charge is -2.11. The van der Waals surface area contributed by atoms with E-state index >= 15 is 0 Å². The number of hydrogen-bond donors (Lipinski definition) is 2. The third kappa shape index (κ3) is 6.22. The Balaban J connectivity index is 1.68. The fraction of sp³-hybridized carbons (Fsp3) is 0.278. The van der Waals surface area contributed by atoms with Crippen molar-refractivity contribution in [1.29, 1.82) is 0 Å². The second-order valence-corrected chi connectivity index (χ2v) is 6.38.